The third-order valence-electron chi connectivity index (χ3n) is 2.50. The fourth-order valence-corrected chi connectivity index (χ4v) is 2.53. The lowest BCUT2D eigenvalue weighted by molar-refractivity contribution is 0.0931. The van der Waals surface area contributed by atoms with Crippen LogP contribution < -0.4 is 5.32 Å². The normalized spacial score (nSPS) is 12.5. The Morgan fingerprint density at radius 1 is 1.53 bits per heavy atom. The number of benzene rings is 1. The summed E-state index contributed by atoms with van der Waals surface area (Å²) in [6, 6.07) is 5.01. The molecule has 0 aliphatic carbocycles. The van der Waals surface area contributed by atoms with Crippen molar-refractivity contribution in [1.82, 2.24) is 5.32 Å². The van der Waals surface area contributed by atoms with Gasteiger partial charge in [0.2, 0.25) is 0 Å². The van der Waals surface area contributed by atoms with Crippen LogP contribution in [0.4, 0.5) is 0 Å². The molecule has 3 nitrogen and oxygen atoms in total. The van der Waals surface area contributed by atoms with Gasteiger partial charge in [0.15, 0.2) is 0 Å². The van der Waals surface area contributed by atoms with Gasteiger partial charge in [0, 0.05) is 16.9 Å². The fraction of sp³-hybridized carbons (Fsp3) is 0.417. The second-order valence-corrected chi connectivity index (χ2v) is 5.95. The van der Waals surface area contributed by atoms with Crippen molar-refractivity contribution in [3.05, 3.63) is 27.3 Å². The van der Waals surface area contributed by atoms with Crippen LogP contribution in [0, 0.1) is 9.49 Å². The quantitative estimate of drug-likeness (QED) is 0.590. The average Bonchev–Trinajstić information content (AvgIpc) is 2.28. The van der Waals surface area contributed by atoms with Gasteiger partial charge in [0.25, 0.3) is 5.91 Å². The van der Waals surface area contributed by atoms with Crippen molar-refractivity contribution in [2.75, 3.05) is 5.33 Å². The number of rotatable bonds is 4. The van der Waals surface area contributed by atoms with Crippen molar-refractivity contribution in [2.45, 2.75) is 19.9 Å². The molecule has 1 aromatic rings. The number of nitrogens with one attached hydrogen (secondary N) is 1. The number of aromatic hydroxyl groups is 1. The molecule has 0 saturated carbocycles. The Morgan fingerprint density at radius 3 is 2.65 bits per heavy atom. The van der Waals surface area contributed by atoms with Crippen molar-refractivity contribution in [2.24, 2.45) is 5.92 Å². The van der Waals surface area contributed by atoms with E-state index in [9.17, 15) is 9.90 Å². The molecule has 0 bridgehead atoms. The number of hydrogen-bond acceptors (Lipinski definition) is 2. The van der Waals surface area contributed by atoms with Crippen molar-refractivity contribution >= 4 is 44.4 Å². The van der Waals surface area contributed by atoms with Crippen LogP contribution in [0.3, 0.4) is 0 Å². The van der Waals surface area contributed by atoms with Crippen LogP contribution in [0.2, 0.25) is 0 Å². The molecule has 94 valence electrons. The first-order valence-electron chi connectivity index (χ1n) is 5.31. The Bertz CT molecular complexity index is 409. The highest BCUT2D eigenvalue weighted by atomic mass is 127. The van der Waals surface area contributed by atoms with Gasteiger partial charge in [-0.2, -0.15) is 0 Å². The van der Waals surface area contributed by atoms with Crippen LogP contribution >= 0.6 is 38.5 Å². The molecule has 0 fully saturated rings. The van der Waals surface area contributed by atoms with Crippen LogP contribution in [0.25, 0.3) is 0 Å². The van der Waals surface area contributed by atoms with E-state index in [1.807, 2.05) is 22.6 Å². The molecule has 0 saturated heterocycles. The number of carbonyl (C=O) groups excluding carboxylic acids is 1. The molecular weight excluding hydrogens is 397 g/mol. The van der Waals surface area contributed by atoms with E-state index < -0.39 is 0 Å². The smallest absolute Gasteiger partial charge is 0.251 e. The summed E-state index contributed by atoms with van der Waals surface area (Å²) in [7, 11) is 0. The van der Waals surface area contributed by atoms with E-state index in [-0.39, 0.29) is 17.7 Å². The minimum absolute atomic E-state index is 0.0870. The molecule has 0 aromatic heterocycles. The summed E-state index contributed by atoms with van der Waals surface area (Å²) in [5, 5.41) is 13.2. The second kappa shape index (κ2) is 6.58. The van der Waals surface area contributed by atoms with Crippen LogP contribution in [-0.4, -0.2) is 22.4 Å². The van der Waals surface area contributed by atoms with Crippen LogP contribution in [0.5, 0.6) is 5.75 Å². The number of phenolic OH excluding ortho intramolecular Hbond substituents is 1. The van der Waals surface area contributed by atoms with Gasteiger partial charge in [-0.05, 0) is 46.7 Å². The molecule has 0 spiro atoms. The van der Waals surface area contributed by atoms with Gasteiger partial charge in [-0.3, -0.25) is 4.79 Å². The molecule has 1 rings (SSSR count). The lowest BCUT2D eigenvalue weighted by Gasteiger charge is -2.20. The van der Waals surface area contributed by atoms with Crippen LogP contribution in [-0.2, 0) is 0 Å². The molecule has 0 radical (unpaired) electrons. The van der Waals surface area contributed by atoms with Gasteiger partial charge in [-0.1, -0.05) is 29.8 Å². The van der Waals surface area contributed by atoms with Crippen molar-refractivity contribution in [3.63, 3.8) is 0 Å². The maximum absolute atomic E-state index is 11.9. The van der Waals surface area contributed by atoms with Gasteiger partial charge in [-0.15, -0.1) is 0 Å². The van der Waals surface area contributed by atoms with E-state index >= 15 is 0 Å². The SMILES string of the molecule is CC(C)C(CBr)NC(=O)c1ccc(I)c(O)c1. The van der Waals surface area contributed by atoms with Gasteiger partial charge in [0.05, 0.1) is 3.57 Å². The second-order valence-electron chi connectivity index (χ2n) is 4.14. The maximum atomic E-state index is 11.9. The van der Waals surface area contributed by atoms with E-state index in [2.05, 4.69) is 35.1 Å². The highest BCUT2D eigenvalue weighted by Crippen LogP contribution is 2.20. The Hall–Kier alpha value is -0.300. The zero-order valence-corrected chi connectivity index (χ0v) is 13.4. The highest BCUT2D eigenvalue weighted by Gasteiger charge is 2.16. The molecule has 1 unspecified atom stereocenters. The molecule has 1 atom stereocenters. The lowest BCUT2D eigenvalue weighted by Crippen LogP contribution is -2.39. The Labute approximate surface area is 123 Å². The summed E-state index contributed by atoms with van der Waals surface area (Å²) >= 11 is 5.40. The summed E-state index contributed by atoms with van der Waals surface area (Å²) < 4.78 is 0.736. The van der Waals surface area contributed by atoms with Gasteiger partial charge in [0.1, 0.15) is 5.75 Å². The third kappa shape index (κ3) is 4.13. The fourth-order valence-electron chi connectivity index (χ4n) is 1.29. The number of hydrogen-bond donors (Lipinski definition) is 2. The van der Waals surface area contributed by atoms with Gasteiger partial charge in [-0.25, -0.2) is 0 Å². The molecule has 0 aliphatic heterocycles. The van der Waals surface area contributed by atoms with Gasteiger partial charge < -0.3 is 10.4 Å². The first-order chi connectivity index (χ1) is 7.95. The van der Waals surface area contributed by atoms with Crippen LogP contribution in [0.1, 0.15) is 24.2 Å². The van der Waals surface area contributed by atoms with E-state index in [1.54, 1.807) is 12.1 Å². The molecule has 17 heavy (non-hydrogen) atoms. The van der Waals surface area contributed by atoms with E-state index in [0.29, 0.717) is 16.8 Å². The topological polar surface area (TPSA) is 49.3 Å². The summed E-state index contributed by atoms with van der Waals surface area (Å²) in [4.78, 5) is 11.9. The molecule has 5 heteroatoms. The van der Waals surface area contributed by atoms with E-state index in [4.69, 9.17) is 0 Å². The molecule has 0 aliphatic rings. The number of carbonyl (C=O) groups is 1. The third-order valence-corrected chi connectivity index (χ3v) is 4.11. The summed E-state index contributed by atoms with van der Waals surface area (Å²) in [5.41, 5.74) is 0.481. The molecular formula is C12H15BrINO2. The van der Waals surface area contributed by atoms with Crippen LogP contribution in [0.15, 0.2) is 18.2 Å². The molecule has 1 aromatic carbocycles. The number of alkyl halides is 1. The van der Waals surface area contributed by atoms with Gasteiger partial charge >= 0.3 is 0 Å². The molecule has 0 heterocycles. The molecule has 1 amide bonds. The van der Waals surface area contributed by atoms with E-state index in [0.717, 1.165) is 3.57 Å². The zero-order valence-electron chi connectivity index (χ0n) is 9.71. The zero-order chi connectivity index (χ0) is 13.0. The standard InChI is InChI=1S/C12H15BrINO2/c1-7(2)10(6-13)15-12(17)8-3-4-9(14)11(16)5-8/h3-5,7,10,16H,6H2,1-2H3,(H,15,17). The lowest BCUT2D eigenvalue weighted by atomic mass is 10.1. The molecule has 2 N–H and O–H groups in total. The Balaban J connectivity index is 2.79. The minimum Gasteiger partial charge on any atom is -0.507 e. The largest absolute Gasteiger partial charge is 0.507 e. The van der Waals surface area contributed by atoms with E-state index in [1.165, 1.54) is 6.07 Å². The first kappa shape index (κ1) is 14.8. The monoisotopic (exact) mass is 411 g/mol. The Kier molecular flexibility index (Phi) is 5.72. The number of amides is 1. The predicted octanol–water partition coefficient (Wildman–Crippen LogP) is 3.15. The minimum atomic E-state index is -0.158. The number of halogens is 2. The summed E-state index contributed by atoms with van der Waals surface area (Å²) in [6.07, 6.45) is 0. The summed E-state index contributed by atoms with van der Waals surface area (Å²) in [5.74, 6) is 0.337. The first-order valence-corrected chi connectivity index (χ1v) is 7.51. The summed E-state index contributed by atoms with van der Waals surface area (Å²) in [6.45, 7) is 4.11. The van der Waals surface area contributed by atoms with Crippen molar-refractivity contribution in [3.8, 4) is 5.75 Å². The maximum Gasteiger partial charge on any atom is 0.251 e. The van der Waals surface area contributed by atoms with Crippen molar-refractivity contribution in [1.29, 1.82) is 0 Å². The average molecular weight is 412 g/mol. The number of phenols is 1. The Morgan fingerprint density at radius 2 is 2.18 bits per heavy atom. The highest BCUT2D eigenvalue weighted by molar-refractivity contribution is 14.1. The predicted molar refractivity (Wildman–Crippen MR) is 80.7 cm³/mol. The van der Waals surface area contributed by atoms with Crippen molar-refractivity contribution < 1.29 is 9.90 Å².